The van der Waals surface area contributed by atoms with Crippen molar-refractivity contribution in [1.29, 1.82) is 0 Å². The standard InChI is InChI=1S/C18H24N2/c1-4-5-8-11-20-17(14-19-13-15(2)3)12-16-9-6-7-10-18(16)20/h6-7,9-10,12,15,19H,8,11,13-14H2,1-3H3. The molecule has 1 aromatic heterocycles. The molecule has 0 saturated heterocycles. The molecular weight excluding hydrogens is 244 g/mol. The molecule has 1 N–H and O–H groups in total. The number of nitrogens with one attached hydrogen (secondary N) is 1. The van der Waals surface area contributed by atoms with Gasteiger partial charge in [-0.25, -0.2) is 0 Å². The highest BCUT2D eigenvalue weighted by molar-refractivity contribution is 5.81. The lowest BCUT2D eigenvalue weighted by atomic mass is 10.2. The smallest absolute Gasteiger partial charge is 0.0483 e. The lowest BCUT2D eigenvalue weighted by molar-refractivity contribution is 0.537. The van der Waals surface area contributed by atoms with Crippen LogP contribution in [0.4, 0.5) is 0 Å². The molecule has 0 saturated carbocycles. The summed E-state index contributed by atoms with van der Waals surface area (Å²) < 4.78 is 2.40. The molecule has 0 radical (unpaired) electrons. The summed E-state index contributed by atoms with van der Waals surface area (Å²) in [5.74, 6) is 6.82. The van der Waals surface area contributed by atoms with E-state index in [1.54, 1.807) is 0 Å². The zero-order valence-corrected chi connectivity index (χ0v) is 12.7. The third-order valence-electron chi connectivity index (χ3n) is 3.39. The molecule has 1 aromatic carbocycles. The van der Waals surface area contributed by atoms with E-state index in [0.29, 0.717) is 5.92 Å². The van der Waals surface area contributed by atoms with Crippen molar-refractivity contribution < 1.29 is 0 Å². The maximum absolute atomic E-state index is 3.54. The molecule has 0 aliphatic rings. The number of hydrogen-bond donors (Lipinski definition) is 1. The Morgan fingerprint density at radius 2 is 2.05 bits per heavy atom. The van der Waals surface area contributed by atoms with Crippen LogP contribution in [0.1, 0.15) is 32.9 Å². The summed E-state index contributed by atoms with van der Waals surface area (Å²) >= 11 is 0. The second-order valence-electron chi connectivity index (χ2n) is 5.55. The Balaban J connectivity index is 2.21. The van der Waals surface area contributed by atoms with Gasteiger partial charge in [0.05, 0.1) is 0 Å². The van der Waals surface area contributed by atoms with Crippen LogP contribution in [0.3, 0.4) is 0 Å². The van der Waals surface area contributed by atoms with Crippen molar-refractivity contribution in [2.75, 3.05) is 6.54 Å². The van der Waals surface area contributed by atoms with Gasteiger partial charge in [-0.15, -0.1) is 11.8 Å². The largest absolute Gasteiger partial charge is 0.342 e. The van der Waals surface area contributed by atoms with Gasteiger partial charge in [-0.2, -0.15) is 0 Å². The van der Waals surface area contributed by atoms with Crippen LogP contribution in [0.15, 0.2) is 30.3 Å². The maximum Gasteiger partial charge on any atom is 0.0483 e. The summed E-state index contributed by atoms with van der Waals surface area (Å²) in [5, 5.41) is 4.85. The van der Waals surface area contributed by atoms with Gasteiger partial charge in [0.15, 0.2) is 0 Å². The average Bonchev–Trinajstić information content (AvgIpc) is 2.77. The van der Waals surface area contributed by atoms with Crippen LogP contribution in [0.25, 0.3) is 10.9 Å². The highest BCUT2D eigenvalue weighted by atomic mass is 15.0. The Hall–Kier alpha value is -1.72. The van der Waals surface area contributed by atoms with E-state index in [-0.39, 0.29) is 0 Å². The highest BCUT2D eigenvalue weighted by Crippen LogP contribution is 2.20. The van der Waals surface area contributed by atoms with E-state index in [1.807, 2.05) is 6.92 Å². The molecule has 0 atom stereocenters. The first-order chi connectivity index (χ1) is 9.72. The van der Waals surface area contributed by atoms with Crippen molar-refractivity contribution in [3.63, 3.8) is 0 Å². The summed E-state index contributed by atoms with van der Waals surface area (Å²) in [6, 6.07) is 10.9. The Morgan fingerprint density at radius 1 is 1.25 bits per heavy atom. The molecule has 0 aliphatic carbocycles. The van der Waals surface area contributed by atoms with E-state index in [1.165, 1.54) is 16.6 Å². The van der Waals surface area contributed by atoms with Crippen LogP contribution in [-0.2, 0) is 13.1 Å². The number of aromatic nitrogens is 1. The first-order valence-electron chi connectivity index (χ1n) is 7.40. The van der Waals surface area contributed by atoms with Gasteiger partial charge in [-0.05, 0) is 36.9 Å². The Kier molecular flexibility index (Phi) is 5.26. The minimum absolute atomic E-state index is 0.679. The number of benzene rings is 1. The molecule has 106 valence electrons. The van der Waals surface area contributed by atoms with Crippen LogP contribution in [-0.4, -0.2) is 11.1 Å². The monoisotopic (exact) mass is 268 g/mol. The van der Waals surface area contributed by atoms with E-state index in [2.05, 4.69) is 65.9 Å². The van der Waals surface area contributed by atoms with Gasteiger partial charge in [-0.1, -0.05) is 32.0 Å². The van der Waals surface area contributed by atoms with Crippen LogP contribution >= 0.6 is 0 Å². The third-order valence-corrected chi connectivity index (χ3v) is 3.39. The fraction of sp³-hybridized carbons (Fsp3) is 0.444. The van der Waals surface area contributed by atoms with Gasteiger partial charge in [0, 0.05) is 30.7 Å². The number of fused-ring (bicyclic) bond motifs is 1. The number of nitrogens with zero attached hydrogens (tertiary/aromatic N) is 1. The zero-order chi connectivity index (χ0) is 14.4. The lowest BCUT2D eigenvalue weighted by Gasteiger charge is -2.11. The molecular formula is C18H24N2. The fourth-order valence-electron chi connectivity index (χ4n) is 2.46. The molecule has 0 bridgehead atoms. The molecule has 2 nitrogen and oxygen atoms in total. The molecule has 0 amide bonds. The van der Waals surface area contributed by atoms with Gasteiger partial charge in [0.1, 0.15) is 0 Å². The van der Waals surface area contributed by atoms with E-state index in [9.17, 15) is 0 Å². The second-order valence-corrected chi connectivity index (χ2v) is 5.55. The first-order valence-corrected chi connectivity index (χ1v) is 7.40. The predicted molar refractivity (Wildman–Crippen MR) is 86.5 cm³/mol. The van der Waals surface area contributed by atoms with E-state index in [0.717, 1.165) is 26.1 Å². The normalized spacial score (nSPS) is 10.8. The molecule has 2 rings (SSSR count). The highest BCUT2D eigenvalue weighted by Gasteiger charge is 2.07. The van der Waals surface area contributed by atoms with Gasteiger partial charge in [0.2, 0.25) is 0 Å². The Labute approximate surface area is 122 Å². The van der Waals surface area contributed by atoms with Gasteiger partial charge in [0.25, 0.3) is 0 Å². The van der Waals surface area contributed by atoms with Crippen LogP contribution in [0.2, 0.25) is 0 Å². The van der Waals surface area contributed by atoms with Crippen molar-refractivity contribution in [3.05, 3.63) is 36.0 Å². The van der Waals surface area contributed by atoms with Crippen molar-refractivity contribution in [1.82, 2.24) is 9.88 Å². The minimum Gasteiger partial charge on any atom is -0.342 e. The van der Waals surface area contributed by atoms with Crippen molar-refractivity contribution in [2.45, 2.75) is 40.3 Å². The molecule has 0 spiro atoms. The summed E-state index contributed by atoms with van der Waals surface area (Å²) in [6.07, 6.45) is 0.909. The number of para-hydroxylation sites is 1. The van der Waals surface area contributed by atoms with Crippen LogP contribution < -0.4 is 5.32 Å². The third kappa shape index (κ3) is 3.65. The van der Waals surface area contributed by atoms with Crippen molar-refractivity contribution in [2.24, 2.45) is 5.92 Å². The number of hydrogen-bond acceptors (Lipinski definition) is 1. The molecule has 0 aliphatic heterocycles. The summed E-state index contributed by atoms with van der Waals surface area (Å²) in [6.45, 7) is 9.31. The van der Waals surface area contributed by atoms with E-state index >= 15 is 0 Å². The van der Waals surface area contributed by atoms with Crippen molar-refractivity contribution >= 4 is 10.9 Å². The molecule has 2 heteroatoms. The minimum atomic E-state index is 0.679. The van der Waals surface area contributed by atoms with Crippen LogP contribution in [0, 0.1) is 17.8 Å². The molecule has 20 heavy (non-hydrogen) atoms. The topological polar surface area (TPSA) is 17.0 Å². The second kappa shape index (κ2) is 7.17. The van der Waals surface area contributed by atoms with Crippen LogP contribution in [0.5, 0.6) is 0 Å². The summed E-state index contributed by atoms with van der Waals surface area (Å²) in [5.41, 5.74) is 2.66. The van der Waals surface area contributed by atoms with Crippen molar-refractivity contribution in [3.8, 4) is 11.8 Å². The number of rotatable bonds is 6. The van der Waals surface area contributed by atoms with Gasteiger partial charge in [-0.3, -0.25) is 0 Å². The Morgan fingerprint density at radius 3 is 2.80 bits per heavy atom. The molecule has 0 fully saturated rings. The SMILES string of the molecule is CC#CCCn1c(CNCC(C)C)cc2ccccc21. The Bertz CT molecular complexity index is 611. The quantitative estimate of drug-likeness (QED) is 0.789. The molecule has 1 heterocycles. The van der Waals surface area contributed by atoms with E-state index in [4.69, 9.17) is 0 Å². The van der Waals surface area contributed by atoms with Gasteiger partial charge >= 0.3 is 0 Å². The zero-order valence-electron chi connectivity index (χ0n) is 12.7. The predicted octanol–water partition coefficient (Wildman–Crippen LogP) is 3.80. The maximum atomic E-state index is 3.54. The molecule has 0 unspecified atom stereocenters. The summed E-state index contributed by atoms with van der Waals surface area (Å²) in [4.78, 5) is 0. The number of aryl methyl sites for hydroxylation is 1. The summed E-state index contributed by atoms with van der Waals surface area (Å²) in [7, 11) is 0. The fourth-order valence-corrected chi connectivity index (χ4v) is 2.46. The van der Waals surface area contributed by atoms with E-state index < -0.39 is 0 Å². The lowest BCUT2D eigenvalue weighted by Crippen LogP contribution is -2.20. The molecule has 2 aromatic rings. The van der Waals surface area contributed by atoms with Gasteiger partial charge < -0.3 is 9.88 Å². The average molecular weight is 268 g/mol. The first kappa shape index (κ1) is 14.7.